The lowest BCUT2D eigenvalue weighted by molar-refractivity contribution is 0.548. The van der Waals surface area contributed by atoms with Crippen LogP contribution in [0.15, 0.2) is 22.7 Å². The van der Waals surface area contributed by atoms with Gasteiger partial charge in [-0.1, -0.05) is 0 Å². The number of hydrogen-bond acceptors (Lipinski definition) is 3. The second-order valence-electron chi connectivity index (χ2n) is 3.01. The summed E-state index contributed by atoms with van der Waals surface area (Å²) < 4.78 is 7.10. The van der Waals surface area contributed by atoms with Crippen molar-refractivity contribution in [3.63, 3.8) is 0 Å². The van der Waals surface area contributed by atoms with Crippen LogP contribution in [0, 0.1) is 6.92 Å². The molecule has 13 heavy (non-hydrogen) atoms. The maximum absolute atomic E-state index is 5.69. The van der Waals surface area contributed by atoms with Gasteiger partial charge in [0.25, 0.3) is 0 Å². The van der Waals surface area contributed by atoms with Gasteiger partial charge in [-0.05, 0) is 19.1 Å². The van der Waals surface area contributed by atoms with Crippen molar-refractivity contribution in [1.82, 2.24) is 9.78 Å². The van der Waals surface area contributed by atoms with Crippen molar-refractivity contribution in [3.8, 4) is 11.3 Å². The monoisotopic (exact) mass is 177 g/mol. The lowest BCUT2D eigenvalue weighted by atomic mass is 10.2. The fourth-order valence-electron chi connectivity index (χ4n) is 1.27. The van der Waals surface area contributed by atoms with E-state index >= 15 is 0 Å². The van der Waals surface area contributed by atoms with Crippen molar-refractivity contribution in [2.24, 2.45) is 7.05 Å². The molecule has 0 saturated carbocycles. The highest BCUT2D eigenvalue weighted by atomic mass is 16.3. The van der Waals surface area contributed by atoms with Crippen LogP contribution in [-0.4, -0.2) is 9.78 Å². The van der Waals surface area contributed by atoms with E-state index in [2.05, 4.69) is 5.10 Å². The third-order valence-corrected chi connectivity index (χ3v) is 1.86. The van der Waals surface area contributed by atoms with E-state index in [9.17, 15) is 0 Å². The topological polar surface area (TPSA) is 57.0 Å². The van der Waals surface area contributed by atoms with E-state index in [4.69, 9.17) is 10.2 Å². The van der Waals surface area contributed by atoms with Crippen molar-refractivity contribution in [1.29, 1.82) is 0 Å². The molecule has 0 bridgehead atoms. The van der Waals surface area contributed by atoms with Gasteiger partial charge in [-0.25, -0.2) is 0 Å². The van der Waals surface area contributed by atoms with E-state index in [1.54, 1.807) is 4.68 Å². The average Bonchev–Trinajstić information content (AvgIpc) is 2.58. The summed E-state index contributed by atoms with van der Waals surface area (Å²) in [6.07, 6.45) is 1.84. The number of anilines is 1. The number of nitrogen functional groups attached to an aromatic ring is 1. The van der Waals surface area contributed by atoms with E-state index < -0.39 is 0 Å². The Morgan fingerprint density at radius 2 is 2.23 bits per heavy atom. The minimum Gasteiger partial charge on any atom is -0.461 e. The second-order valence-corrected chi connectivity index (χ2v) is 3.01. The molecule has 0 fully saturated rings. The van der Waals surface area contributed by atoms with Gasteiger partial charge in [0.05, 0.1) is 5.56 Å². The predicted molar refractivity (Wildman–Crippen MR) is 50.1 cm³/mol. The number of furan rings is 1. The zero-order chi connectivity index (χ0) is 9.42. The molecule has 0 unspecified atom stereocenters. The molecular formula is C9H11N3O. The normalized spacial score (nSPS) is 10.6. The molecule has 0 spiro atoms. The Kier molecular flexibility index (Phi) is 1.62. The van der Waals surface area contributed by atoms with Gasteiger partial charge in [-0.3, -0.25) is 4.68 Å². The summed E-state index contributed by atoms with van der Waals surface area (Å²) in [7, 11) is 1.83. The third-order valence-electron chi connectivity index (χ3n) is 1.86. The smallest absolute Gasteiger partial charge is 0.156 e. The molecule has 2 aromatic rings. The molecule has 0 amide bonds. The average molecular weight is 177 g/mol. The maximum atomic E-state index is 5.69. The Balaban J connectivity index is 2.51. The molecule has 68 valence electrons. The first-order chi connectivity index (χ1) is 6.16. The van der Waals surface area contributed by atoms with Crippen LogP contribution < -0.4 is 5.73 Å². The van der Waals surface area contributed by atoms with Gasteiger partial charge in [0.15, 0.2) is 5.82 Å². The largest absolute Gasteiger partial charge is 0.461 e. The SMILES string of the molecule is Cc1ccc(-c2cn(C)nc2N)o1. The molecule has 4 nitrogen and oxygen atoms in total. The zero-order valence-electron chi connectivity index (χ0n) is 7.61. The van der Waals surface area contributed by atoms with Gasteiger partial charge < -0.3 is 10.2 Å². The van der Waals surface area contributed by atoms with Crippen LogP contribution in [0.2, 0.25) is 0 Å². The Bertz CT molecular complexity index is 428. The third kappa shape index (κ3) is 1.30. The summed E-state index contributed by atoms with van der Waals surface area (Å²) >= 11 is 0. The van der Waals surface area contributed by atoms with Crippen LogP contribution in [0.4, 0.5) is 5.82 Å². The molecule has 2 rings (SSSR count). The van der Waals surface area contributed by atoms with Gasteiger partial charge >= 0.3 is 0 Å². The number of aryl methyl sites for hydroxylation is 2. The van der Waals surface area contributed by atoms with Crippen molar-refractivity contribution in [2.75, 3.05) is 5.73 Å². The summed E-state index contributed by atoms with van der Waals surface area (Å²) in [6, 6.07) is 3.80. The van der Waals surface area contributed by atoms with Crippen molar-refractivity contribution >= 4 is 5.82 Å². The summed E-state index contributed by atoms with van der Waals surface area (Å²) in [4.78, 5) is 0. The van der Waals surface area contributed by atoms with Crippen molar-refractivity contribution in [3.05, 3.63) is 24.1 Å². The van der Waals surface area contributed by atoms with E-state index in [-0.39, 0.29) is 0 Å². The Hall–Kier alpha value is -1.71. The van der Waals surface area contributed by atoms with Gasteiger partial charge in [0.2, 0.25) is 0 Å². The van der Waals surface area contributed by atoms with Gasteiger partial charge in [-0.15, -0.1) is 0 Å². The highest BCUT2D eigenvalue weighted by molar-refractivity contribution is 5.68. The van der Waals surface area contributed by atoms with Crippen LogP contribution >= 0.6 is 0 Å². The Morgan fingerprint density at radius 1 is 1.46 bits per heavy atom. The highest BCUT2D eigenvalue weighted by Crippen LogP contribution is 2.25. The molecule has 0 radical (unpaired) electrons. The Labute approximate surface area is 76.0 Å². The standard InChI is InChI=1S/C9H11N3O/c1-6-3-4-8(13-6)7-5-12(2)11-9(7)10/h3-5H,1-2H3,(H2,10,11). The maximum Gasteiger partial charge on any atom is 0.156 e. The first-order valence-corrected chi connectivity index (χ1v) is 4.03. The molecule has 2 aromatic heterocycles. The number of nitrogens with two attached hydrogens (primary N) is 1. The number of hydrogen-bond donors (Lipinski definition) is 1. The Morgan fingerprint density at radius 3 is 2.69 bits per heavy atom. The molecule has 0 atom stereocenters. The fourth-order valence-corrected chi connectivity index (χ4v) is 1.27. The minimum absolute atomic E-state index is 0.497. The van der Waals surface area contributed by atoms with Crippen LogP contribution in [0.3, 0.4) is 0 Å². The molecule has 0 aromatic carbocycles. The van der Waals surface area contributed by atoms with Crippen LogP contribution in [-0.2, 0) is 7.05 Å². The molecular weight excluding hydrogens is 166 g/mol. The summed E-state index contributed by atoms with van der Waals surface area (Å²) in [5.74, 6) is 2.14. The van der Waals surface area contributed by atoms with E-state index in [0.29, 0.717) is 5.82 Å². The first kappa shape index (κ1) is 7.91. The number of nitrogens with zero attached hydrogens (tertiary/aromatic N) is 2. The highest BCUT2D eigenvalue weighted by Gasteiger charge is 2.09. The van der Waals surface area contributed by atoms with E-state index in [1.165, 1.54) is 0 Å². The fraction of sp³-hybridized carbons (Fsp3) is 0.222. The number of aromatic nitrogens is 2. The summed E-state index contributed by atoms with van der Waals surface area (Å²) in [6.45, 7) is 1.90. The molecule has 4 heteroatoms. The summed E-state index contributed by atoms with van der Waals surface area (Å²) in [5, 5.41) is 4.03. The van der Waals surface area contributed by atoms with Crippen molar-refractivity contribution < 1.29 is 4.42 Å². The van der Waals surface area contributed by atoms with Crippen molar-refractivity contribution in [2.45, 2.75) is 6.92 Å². The van der Waals surface area contributed by atoms with E-state index in [0.717, 1.165) is 17.1 Å². The van der Waals surface area contributed by atoms with Gasteiger partial charge in [-0.2, -0.15) is 5.10 Å². The number of rotatable bonds is 1. The van der Waals surface area contributed by atoms with Gasteiger partial charge in [0, 0.05) is 13.2 Å². The lowest BCUT2D eigenvalue weighted by Gasteiger charge is -1.90. The van der Waals surface area contributed by atoms with E-state index in [1.807, 2.05) is 32.3 Å². The predicted octanol–water partition coefficient (Wildman–Crippen LogP) is 1.57. The molecule has 0 aliphatic heterocycles. The van der Waals surface area contributed by atoms with Gasteiger partial charge in [0.1, 0.15) is 11.5 Å². The summed E-state index contributed by atoms with van der Waals surface area (Å²) in [5.41, 5.74) is 6.53. The van der Waals surface area contributed by atoms with Crippen LogP contribution in [0.1, 0.15) is 5.76 Å². The zero-order valence-corrected chi connectivity index (χ0v) is 7.61. The molecule has 2 N–H and O–H groups in total. The molecule has 0 aliphatic rings. The molecule has 0 aliphatic carbocycles. The first-order valence-electron chi connectivity index (χ1n) is 4.03. The molecule has 0 saturated heterocycles. The lowest BCUT2D eigenvalue weighted by Crippen LogP contribution is -1.90. The minimum atomic E-state index is 0.497. The van der Waals surface area contributed by atoms with Crippen LogP contribution in [0.5, 0.6) is 0 Å². The second kappa shape index (κ2) is 2.65. The molecule has 2 heterocycles. The van der Waals surface area contributed by atoms with Crippen LogP contribution in [0.25, 0.3) is 11.3 Å². The quantitative estimate of drug-likeness (QED) is 0.719.